The van der Waals surface area contributed by atoms with Gasteiger partial charge in [-0.1, -0.05) is 46.7 Å². The van der Waals surface area contributed by atoms with Crippen LogP contribution in [0.4, 0.5) is 0 Å². The Morgan fingerprint density at radius 3 is 2.52 bits per heavy atom. The third-order valence-corrected chi connectivity index (χ3v) is 5.81. The van der Waals surface area contributed by atoms with Crippen LogP contribution in [0.2, 0.25) is 10.0 Å². The van der Waals surface area contributed by atoms with E-state index in [1.807, 2.05) is 55.6 Å². The second-order valence-corrected chi connectivity index (χ2v) is 7.93. The Morgan fingerprint density at radius 2 is 1.74 bits per heavy atom. The second-order valence-electron chi connectivity index (χ2n) is 6.10. The highest BCUT2D eigenvalue weighted by molar-refractivity contribution is 7.19. The monoisotopic (exact) mass is 411 g/mol. The van der Waals surface area contributed by atoms with Gasteiger partial charge in [0.15, 0.2) is 0 Å². The minimum Gasteiger partial charge on any atom is -0.216 e. The first-order chi connectivity index (χ1) is 13.1. The van der Waals surface area contributed by atoms with Crippen molar-refractivity contribution in [2.45, 2.75) is 6.92 Å². The zero-order chi connectivity index (χ0) is 18.5. The molecule has 0 saturated carbocycles. The fraction of sp³-hybridized carbons (Fsp3) is 0.0526. The van der Waals surface area contributed by atoms with E-state index in [0.717, 1.165) is 43.4 Å². The minimum absolute atomic E-state index is 0.671. The van der Waals surface area contributed by atoms with Crippen LogP contribution >= 0.6 is 34.5 Å². The molecule has 3 aromatic heterocycles. The quantitative estimate of drug-likeness (QED) is 0.374. The molecule has 2 aromatic carbocycles. The van der Waals surface area contributed by atoms with E-state index < -0.39 is 0 Å². The van der Waals surface area contributed by atoms with Crippen molar-refractivity contribution in [1.82, 2.24) is 24.8 Å². The summed E-state index contributed by atoms with van der Waals surface area (Å²) in [6.07, 6.45) is 1.87. The molecule has 5 rings (SSSR count). The molecule has 27 heavy (non-hydrogen) atoms. The van der Waals surface area contributed by atoms with Gasteiger partial charge in [-0.2, -0.15) is 5.10 Å². The Balaban J connectivity index is 1.60. The van der Waals surface area contributed by atoms with Gasteiger partial charge >= 0.3 is 0 Å². The predicted molar refractivity (Wildman–Crippen MR) is 110 cm³/mol. The maximum absolute atomic E-state index is 6.14. The van der Waals surface area contributed by atoms with Crippen LogP contribution in [0.25, 0.3) is 37.8 Å². The average Bonchev–Trinajstić information content (AvgIpc) is 3.22. The first-order valence-electron chi connectivity index (χ1n) is 8.13. The molecule has 5 nitrogen and oxygen atoms in total. The van der Waals surface area contributed by atoms with Gasteiger partial charge in [-0.3, -0.25) is 0 Å². The van der Waals surface area contributed by atoms with E-state index in [4.69, 9.17) is 28.2 Å². The smallest absolute Gasteiger partial charge is 0.213 e. The Morgan fingerprint density at radius 1 is 0.963 bits per heavy atom. The van der Waals surface area contributed by atoms with Gasteiger partial charge in [-0.25, -0.2) is 9.50 Å². The van der Waals surface area contributed by atoms with Crippen LogP contribution in [0.15, 0.2) is 48.7 Å². The SMILES string of the molecule is Cc1c(-c2cn3nc(-c4ccc(Cl)cc4)sc3n2)nnc2ccc(Cl)cc12. The molecule has 0 amide bonds. The lowest BCUT2D eigenvalue weighted by atomic mass is 10.1. The summed E-state index contributed by atoms with van der Waals surface area (Å²) in [5, 5.41) is 16.5. The molecule has 132 valence electrons. The Kier molecular flexibility index (Phi) is 3.86. The van der Waals surface area contributed by atoms with Crippen molar-refractivity contribution in [3.63, 3.8) is 0 Å². The predicted octanol–water partition coefficient (Wildman–Crippen LogP) is 5.68. The molecule has 0 aliphatic rings. The van der Waals surface area contributed by atoms with Crippen molar-refractivity contribution in [3.8, 4) is 22.0 Å². The molecular formula is C19H11Cl2N5S. The molecule has 8 heteroatoms. The lowest BCUT2D eigenvalue weighted by Gasteiger charge is -2.05. The van der Waals surface area contributed by atoms with E-state index in [9.17, 15) is 0 Å². The molecule has 0 unspecified atom stereocenters. The molecular weight excluding hydrogens is 401 g/mol. The number of nitrogens with zero attached hydrogens (tertiary/aromatic N) is 5. The number of rotatable bonds is 2. The topological polar surface area (TPSA) is 56.0 Å². The van der Waals surface area contributed by atoms with Crippen LogP contribution in [-0.4, -0.2) is 24.8 Å². The first-order valence-corrected chi connectivity index (χ1v) is 9.71. The summed E-state index contributed by atoms with van der Waals surface area (Å²) in [5.41, 5.74) is 4.28. The molecule has 0 aliphatic carbocycles. The van der Waals surface area contributed by atoms with Crippen molar-refractivity contribution in [2.24, 2.45) is 0 Å². The number of fused-ring (bicyclic) bond motifs is 2. The zero-order valence-electron chi connectivity index (χ0n) is 14.0. The highest BCUT2D eigenvalue weighted by Crippen LogP contribution is 2.31. The first kappa shape index (κ1) is 16.6. The fourth-order valence-electron chi connectivity index (χ4n) is 2.97. The van der Waals surface area contributed by atoms with Gasteiger partial charge in [-0.15, -0.1) is 10.2 Å². The zero-order valence-corrected chi connectivity index (χ0v) is 16.3. The Bertz CT molecular complexity index is 1280. The van der Waals surface area contributed by atoms with E-state index >= 15 is 0 Å². The maximum Gasteiger partial charge on any atom is 0.213 e. The van der Waals surface area contributed by atoms with E-state index in [2.05, 4.69) is 15.3 Å². The highest BCUT2D eigenvalue weighted by Gasteiger charge is 2.15. The van der Waals surface area contributed by atoms with E-state index in [1.165, 1.54) is 11.3 Å². The second kappa shape index (κ2) is 6.27. The Labute approximate surface area is 168 Å². The lowest BCUT2D eigenvalue weighted by molar-refractivity contribution is 0.977. The van der Waals surface area contributed by atoms with Crippen molar-refractivity contribution in [2.75, 3.05) is 0 Å². The summed E-state index contributed by atoms with van der Waals surface area (Å²) in [7, 11) is 0. The number of hydrogen-bond acceptors (Lipinski definition) is 5. The van der Waals surface area contributed by atoms with Gasteiger partial charge in [0.2, 0.25) is 4.96 Å². The van der Waals surface area contributed by atoms with E-state index in [-0.39, 0.29) is 0 Å². The average molecular weight is 412 g/mol. The number of imidazole rings is 1. The van der Waals surface area contributed by atoms with Crippen molar-refractivity contribution in [1.29, 1.82) is 0 Å². The molecule has 5 aromatic rings. The third kappa shape index (κ3) is 2.86. The lowest BCUT2D eigenvalue weighted by Crippen LogP contribution is -1.94. The molecule has 0 radical (unpaired) electrons. The number of benzene rings is 2. The van der Waals surface area contributed by atoms with Crippen molar-refractivity contribution < 1.29 is 0 Å². The van der Waals surface area contributed by atoms with Crippen molar-refractivity contribution in [3.05, 3.63) is 64.3 Å². The Hall–Kier alpha value is -2.54. The molecule has 0 spiro atoms. The largest absolute Gasteiger partial charge is 0.216 e. The normalized spacial score (nSPS) is 11.5. The minimum atomic E-state index is 0.671. The molecule has 0 atom stereocenters. The molecule has 3 heterocycles. The summed E-state index contributed by atoms with van der Waals surface area (Å²) in [4.78, 5) is 5.49. The van der Waals surface area contributed by atoms with Crippen LogP contribution in [0.5, 0.6) is 0 Å². The molecule has 0 saturated heterocycles. The van der Waals surface area contributed by atoms with Crippen LogP contribution in [-0.2, 0) is 0 Å². The van der Waals surface area contributed by atoms with E-state index in [0.29, 0.717) is 10.0 Å². The standard InChI is InChI=1S/C19H11Cl2N5S/c1-10-14-8-13(21)6-7-15(14)23-24-17(10)16-9-26-19(22-16)27-18(25-26)11-2-4-12(20)5-3-11/h2-9H,1H3. The van der Waals surface area contributed by atoms with Gasteiger partial charge in [0, 0.05) is 21.0 Å². The number of hydrogen-bond donors (Lipinski definition) is 0. The summed E-state index contributed by atoms with van der Waals surface area (Å²) in [6.45, 7) is 2.00. The maximum atomic E-state index is 6.14. The molecule has 0 N–H and O–H groups in total. The van der Waals surface area contributed by atoms with Crippen LogP contribution in [0.3, 0.4) is 0 Å². The van der Waals surface area contributed by atoms with Gasteiger partial charge in [-0.05, 0) is 42.8 Å². The van der Waals surface area contributed by atoms with Crippen LogP contribution in [0.1, 0.15) is 5.56 Å². The number of aromatic nitrogens is 5. The molecule has 0 aliphatic heterocycles. The van der Waals surface area contributed by atoms with Gasteiger partial charge in [0.1, 0.15) is 16.4 Å². The van der Waals surface area contributed by atoms with Gasteiger partial charge in [0.25, 0.3) is 0 Å². The summed E-state index contributed by atoms with van der Waals surface area (Å²) in [6, 6.07) is 13.2. The summed E-state index contributed by atoms with van der Waals surface area (Å²) in [5.74, 6) is 0. The summed E-state index contributed by atoms with van der Waals surface area (Å²) >= 11 is 13.6. The van der Waals surface area contributed by atoms with E-state index in [1.54, 1.807) is 4.52 Å². The van der Waals surface area contributed by atoms with Crippen LogP contribution in [0, 0.1) is 6.92 Å². The van der Waals surface area contributed by atoms with Crippen LogP contribution < -0.4 is 0 Å². The number of aryl methyl sites for hydroxylation is 1. The summed E-state index contributed by atoms with van der Waals surface area (Å²) < 4.78 is 1.77. The third-order valence-electron chi connectivity index (χ3n) is 4.35. The van der Waals surface area contributed by atoms with Gasteiger partial charge < -0.3 is 0 Å². The fourth-order valence-corrected chi connectivity index (χ4v) is 4.15. The molecule has 0 bridgehead atoms. The molecule has 0 fully saturated rings. The number of halogens is 2. The van der Waals surface area contributed by atoms with Crippen molar-refractivity contribution >= 4 is 50.4 Å². The van der Waals surface area contributed by atoms with Gasteiger partial charge in [0.05, 0.1) is 11.7 Å². The highest BCUT2D eigenvalue weighted by atomic mass is 35.5.